The van der Waals surface area contributed by atoms with Crippen molar-refractivity contribution in [2.24, 2.45) is 5.92 Å². The van der Waals surface area contributed by atoms with E-state index in [1.54, 1.807) is 5.48 Å². The van der Waals surface area contributed by atoms with E-state index in [0.717, 1.165) is 5.56 Å². The predicted molar refractivity (Wildman–Crippen MR) is 84.7 cm³/mol. The lowest BCUT2D eigenvalue weighted by Gasteiger charge is -2.28. The molecule has 1 aromatic rings. The summed E-state index contributed by atoms with van der Waals surface area (Å²) in [5, 5.41) is 14.6. The van der Waals surface area contributed by atoms with E-state index in [1.807, 2.05) is 38.1 Å². The Bertz CT molecular complexity index is 537. The lowest BCUT2D eigenvalue weighted by atomic mass is 9.95. The zero-order chi connectivity index (χ0) is 15.4. The summed E-state index contributed by atoms with van der Waals surface area (Å²) in [4.78, 5) is 23.9. The molecule has 22 heavy (non-hydrogen) atoms. The Balaban J connectivity index is 0.00000242. The minimum absolute atomic E-state index is 0. The van der Waals surface area contributed by atoms with Crippen molar-refractivity contribution >= 4 is 24.2 Å². The smallest absolute Gasteiger partial charge is 0.266 e. The molecule has 2 atom stereocenters. The average molecular weight is 328 g/mol. The highest BCUT2D eigenvalue weighted by Gasteiger charge is 2.29. The fraction of sp³-hybridized carbons (Fsp3) is 0.467. The summed E-state index contributed by atoms with van der Waals surface area (Å²) in [7, 11) is 0. The third kappa shape index (κ3) is 4.19. The molecule has 1 aliphatic rings. The highest BCUT2D eigenvalue weighted by atomic mass is 35.5. The van der Waals surface area contributed by atoms with Gasteiger partial charge in [-0.1, -0.05) is 38.1 Å². The molecule has 1 aliphatic heterocycles. The van der Waals surface area contributed by atoms with Crippen LogP contribution in [0.1, 0.15) is 25.0 Å². The molecular weight excluding hydrogens is 306 g/mol. The normalized spacial score (nSPS) is 17.9. The third-order valence-electron chi connectivity index (χ3n) is 3.75. The molecule has 122 valence electrons. The number of fused-ring (bicyclic) bond motifs is 1. The number of rotatable bonds is 4. The molecule has 2 amide bonds. The number of amides is 2. The van der Waals surface area contributed by atoms with Gasteiger partial charge in [-0.05, 0) is 23.5 Å². The van der Waals surface area contributed by atoms with Gasteiger partial charge in [0.25, 0.3) is 5.91 Å². The fourth-order valence-electron chi connectivity index (χ4n) is 2.50. The molecule has 0 fully saturated rings. The predicted octanol–water partition coefficient (Wildman–Crippen LogP) is 0.769. The average Bonchev–Trinajstić information content (AvgIpc) is 2.50. The minimum Gasteiger partial charge on any atom is -0.343 e. The number of carbonyl (C=O) groups excluding carboxylic acids is 2. The number of benzene rings is 1. The van der Waals surface area contributed by atoms with Crippen molar-refractivity contribution in [3.05, 3.63) is 35.4 Å². The molecule has 0 bridgehead atoms. The van der Waals surface area contributed by atoms with Gasteiger partial charge in [-0.2, -0.15) is 0 Å². The SMILES string of the molecule is CC(C)[C@H](NC(=O)[C@@H]1Cc2ccccc2CN1)C(=O)NO.Cl. The molecule has 0 unspecified atom stereocenters. The largest absolute Gasteiger partial charge is 0.343 e. The Labute approximate surface area is 136 Å². The van der Waals surface area contributed by atoms with Crippen molar-refractivity contribution in [2.45, 2.75) is 38.9 Å². The first-order valence-electron chi connectivity index (χ1n) is 7.07. The molecule has 6 nitrogen and oxygen atoms in total. The van der Waals surface area contributed by atoms with Crippen LogP contribution in [-0.4, -0.2) is 29.1 Å². The van der Waals surface area contributed by atoms with Gasteiger partial charge in [-0.25, -0.2) is 5.48 Å². The van der Waals surface area contributed by atoms with E-state index < -0.39 is 11.9 Å². The Morgan fingerprint density at radius 2 is 1.91 bits per heavy atom. The summed E-state index contributed by atoms with van der Waals surface area (Å²) in [6.07, 6.45) is 0.591. The van der Waals surface area contributed by atoms with Crippen LogP contribution >= 0.6 is 12.4 Å². The van der Waals surface area contributed by atoms with E-state index >= 15 is 0 Å². The van der Waals surface area contributed by atoms with E-state index in [1.165, 1.54) is 5.56 Å². The van der Waals surface area contributed by atoms with Crippen LogP contribution in [0.4, 0.5) is 0 Å². The first-order valence-corrected chi connectivity index (χ1v) is 7.07. The number of nitrogens with one attached hydrogen (secondary N) is 3. The lowest BCUT2D eigenvalue weighted by molar-refractivity contribution is -0.136. The topological polar surface area (TPSA) is 90.5 Å². The van der Waals surface area contributed by atoms with Crippen molar-refractivity contribution in [1.29, 1.82) is 0 Å². The molecular formula is C15H22ClN3O3. The molecule has 0 spiro atoms. The van der Waals surface area contributed by atoms with Crippen molar-refractivity contribution in [1.82, 2.24) is 16.1 Å². The maximum atomic E-state index is 12.3. The van der Waals surface area contributed by atoms with Crippen molar-refractivity contribution in [3.63, 3.8) is 0 Å². The molecule has 0 aliphatic carbocycles. The lowest BCUT2D eigenvalue weighted by Crippen LogP contribution is -2.55. The van der Waals surface area contributed by atoms with E-state index in [9.17, 15) is 9.59 Å². The fourth-order valence-corrected chi connectivity index (χ4v) is 2.50. The summed E-state index contributed by atoms with van der Waals surface area (Å²) >= 11 is 0. The monoisotopic (exact) mass is 327 g/mol. The van der Waals surface area contributed by atoms with Crippen molar-refractivity contribution in [2.75, 3.05) is 0 Å². The van der Waals surface area contributed by atoms with Gasteiger partial charge in [0.2, 0.25) is 5.91 Å². The molecule has 1 aromatic carbocycles. The first-order chi connectivity index (χ1) is 10.0. The summed E-state index contributed by atoms with van der Waals surface area (Å²) < 4.78 is 0. The van der Waals surface area contributed by atoms with E-state index in [-0.39, 0.29) is 30.3 Å². The maximum Gasteiger partial charge on any atom is 0.266 e. The van der Waals surface area contributed by atoms with Gasteiger partial charge in [0.1, 0.15) is 6.04 Å². The van der Waals surface area contributed by atoms with Crippen LogP contribution in [0.5, 0.6) is 0 Å². The zero-order valence-corrected chi connectivity index (χ0v) is 13.4. The van der Waals surface area contributed by atoms with E-state index in [2.05, 4.69) is 10.6 Å². The second-order valence-electron chi connectivity index (χ2n) is 5.61. The van der Waals surface area contributed by atoms with Gasteiger partial charge in [0.05, 0.1) is 6.04 Å². The highest BCUT2D eigenvalue weighted by Crippen LogP contribution is 2.16. The van der Waals surface area contributed by atoms with Gasteiger partial charge in [-0.15, -0.1) is 12.4 Å². The van der Waals surface area contributed by atoms with Crippen LogP contribution in [-0.2, 0) is 22.6 Å². The standard InChI is InChI=1S/C15H21N3O3.ClH/c1-9(2)13(15(20)18-21)17-14(19)12-7-10-5-3-4-6-11(10)8-16-12;/h3-6,9,12-13,16,21H,7-8H2,1-2H3,(H,17,19)(H,18,20);1H/t12-,13-;/m0./s1. The van der Waals surface area contributed by atoms with Crippen LogP contribution in [0.15, 0.2) is 24.3 Å². The van der Waals surface area contributed by atoms with Crippen LogP contribution in [0, 0.1) is 5.92 Å². The second kappa shape index (κ2) is 8.12. The Kier molecular flexibility index (Phi) is 6.80. The van der Waals surface area contributed by atoms with Crippen LogP contribution in [0.3, 0.4) is 0 Å². The number of hydrogen-bond donors (Lipinski definition) is 4. The quantitative estimate of drug-likeness (QED) is 0.485. The highest BCUT2D eigenvalue weighted by molar-refractivity contribution is 5.89. The summed E-state index contributed by atoms with van der Waals surface area (Å²) in [5.41, 5.74) is 3.93. The Hall–Kier alpha value is -1.63. The van der Waals surface area contributed by atoms with Crippen LogP contribution in [0.2, 0.25) is 0 Å². The second-order valence-corrected chi connectivity index (χ2v) is 5.61. The molecule has 1 heterocycles. The van der Waals surface area contributed by atoms with Crippen LogP contribution < -0.4 is 16.1 Å². The van der Waals surface area contributed by atoms with Gasteiger partial charge in [0, 0.05) is 6.54 Å². The summed E-state index contributed by atoms with van der Waals surface area (Å²) in [6, 6.07) is 6.86. The van der Waals surface area contributed by atoms with Crippen LogP contribution in [0.25, 0.3) is 0 Å². The maximum absolute atomic E-state index is 12.3. The first kappa shape index (κ1) is 18.4. The van der Waals surface area contributed by atoms with Crippen molar-refractivity contribution < 1.29 is 14.8 Å². The van der Waals surface area contributed by atoms with Gasteiger partial charge >= 0.3 is 0 Å². The van der Waals surface area contributed by atoms with Gasteiger partial charge in [0.15, 0.2) is 0 Å². The summed E-state index contributed by atoms with van der Waals surface area (Å²) in [5.74, 6) is -0.946. The van der Waals surface area contributed by atoms with E-state index in [4.69, 9.17) is 5.21 Å². The number of hydroxylamine groups is 1. The van der Waals surface area contributed by atoms with Gasteiger partial charge < -0.3 is 10.6 Å². The zero-order valence-electron chi connectivity index (χ0n) is 12.6. The molecule has 0 radical (unpaired) electrons. The summed E-state index contributed by atoms with van der Waals surface area (Å²) in [6.45, 7) is 4.25. The molecule has 2 rings (SSSR count). The number of carbonyl (C=O) groups is 2. The number of hydrogen-bond acceptors (Lipinski definition) is 4. The molecule has 4 N–H and O–H groups in total. The Morgan fingerprint density at radius 1 is 1.27 bits per heavy atom. The van der Waals surface area contributed by atoms with Crippen molar-refractivity contribution in [3.8, 4) is 0 Å². The molecule has 0 saturated heterocycles. The van der Waals surface area contributed by atoms with Gasteiger partial charge in [-0.3, -0.25) is 14.8 Å². The minimum atomic E-state index is -0.749. The third-order valence-corrected chi connectivity index (χ3v) is 3.75. The number of halogens is 1. The van der Waals surface area contributed by atoms with E-state index in [0.29, 0.717) is 13.0 Å². The molecule has 0 aromatic heterocycles. The molecule has 0 saturated carbocycles. The molecule has 7 heteroatoms. The Morgan fingerprint density at radius 3 is 2.50 bits per heavy atom.